The number of unbranched alkanes of at least 4 members (excludes halogenated alkanes) is 1. The van der Waals surface area contributed by atoms with Gasteiger partial charge in [-0.3, -0.25) is 0 Å². The Hall–Kier alpha value is 0.140. The number of thiophene rings is 1. The highest BCUT2D eigenvalue weighted by atomic mass is 79.9. The van der Waals surface area contributed by atoms with Gasteiger partial charge in [-0.15, -0.1) is 11.3 Å². The first kappa shape index (κ1) is 14.2. The van der Waals surface area contributed by atoms with Gasteiger partial charge >= 0.3 is 0 Å². The van der Waals surface area contributed by atoms with Crippen LogP contribution >= 0.6 is 27.3 Å². The van der Waals surface area contributed by atoms with E-state index in [1.165, 1.54) is 35.0 Å². The molecule has 2 atom stereocenters. The zero-order valence-corrected chi connectivity index (χ0v) is 12.6. The molecule has 16 heavy (non-hydrogen) atoms. The summed E-state index contributed by atoms with van der Waals surface area (Å²) in [6, 6.07) is 2.29. The van der Waals surface area contributed by atoms with Gasteiger partial charge in [-0.25, -0.2) is 0 Å². The molecule has 0 aromatic carbocycles. The Morgan fingerprint density at radius 2 is 2.19 bits per heavy atom. The van der Waals surface area contributed by atoms with Gasteiger partial charge in [-0.2, -0.15) is 0 Å². The van der Waals surface area contributed by atoms with Crippen LogP contribution < -0.4 is 5.73 Å². The number of hydrogen-bond acceptors (Lipinski definition) is 2. The second-order valence-corrected chi connectivity index (χ2v) is 6.19. The standard InChI is InChI=1S/C13H22BrNS/c1-3-5-6-10(4-2)9-12(15)13-11(14)7-8-16-13/h7-8,10,12H,3-6,9,15H2,1-2H3. The van der Waals surface area contributed by atoms with Crippen LogP contribution in [0.25, 0.3) is 0 Å². The van der Waals surface area contributed by atoms with Crippen molar-refractivity contribution in [2.24, 2.45) is 11.7 Å². The maximum absolute atomic E-state index is 6.27. The highest BCUT2D eigenvalue weighted by molar-refractivity contribution is 9.10. The summed E-state index contributed by atoms with van der Waals surface area (Å²) >= 11 is 5.32. The molecule has 92 valence electrons. The van der Waals surface area contributed by atoms with Crippen molar-refractivity contribution in [3.8, 4) is 0 Å². The van der Waals surface area contributed by atoms with E-state index in [0.29, 0.717) is 0 Å². The van der Waals surface area contributed by atoms with Crippen LogP contribution in [0.15, 0.2) is 15.9 Å². The minimum Gasteiger partial charge on any atom is -0.323 e. The van der Waals surface area contributed by atoms with Gasteiger partial charge in [0.2, 0.25) is 0 Å². The van der Waals surface area contributed by atoms with Crippen LogP contribution in [-0.4, -0.2) is 0 Å². The molecule has 2 N–H and O–H groups in total. The fraction of sp³-hybridized carbons (Fsp3) is 0.692. The molecule has 0 fully saturated rings. The second-order valence-electron chi connectivity index (χ2n) is 4.39. The summed E-state index contributed by atoms with van der Waals surface area (Å²) in [6.07, 6.45) is 6.31. The summed E-state index contributed by atoms with van der Waals surface area (Å²) in [6.45, 7) is 4.53. The maximum atomic E-state index is 6.27. The van der Waals surface area contributed by atoms with Gasteiger partial charge in [0.05, 0.1) is 0 Å². The van der Waals surface area contributed by atoms with Crippen LogP contribution in [0.2, 0.25) is 0 Å². The lowest BCUT2D eigenvalue weighted by atomic mass is 9.92. The highest BCUT2D eigenvalue weighted by Crippen LogP contribution is 2.32. The molecule has 0 aliphatic rings. The summed E-state index contributed by atoms with van der Waals surface area (Å²) < 4.78 is 1.18. The normalized spacial score (nSPS) is 15.0. The topological polar surface area (TPSA) is 26.0 Å². The summed E-state index contributed by atoms with van der Waals surface area (Å²) in [5.41, 5.74) is 6.27. The Morgan fingerprint density at radius 1 is 1.44 bits per heavy atom. The van der Waals surface area contributed by atoms with E-state index in [1.807, 2.05) is 0 Å². The van der Waals surface area contributed by atoms with Crippen molar-refractivity contribution in [2.45, 2.75) is 52.0 Å². The van der Waals surface area contributed by atoms with Crippen LogP contribution in [0.4, 0.5) is 0 Å². The molecule has 1 nitrogen and oxygen atoms in total. The molecule has 0 radical (unpaired) electrons. The van der Waals surface area contributed by atoms with Crippen molar-refractivity contribution in [3.63, 3.8) is 0 Å². The molecular weight excluding hydrogens is 282 g/mol. The monoisotopic (exact) mass is 303 g/mol. The van der Waals surface area contributed by atoms with E-state index in [0.717, 1.165) is 12.3 Å². The largest absolute Gasteiger partial charge is 0.323 e. The number of nitrogens with two attached hydrogens (primary N) is 1. The average Bonchev–Trinajstić information content (AvgIpc) is 2.70. The molecule has 0 saturated heterocycles. The van der Waals surface area contributed by atoms with E-state index >= 15 is 0 Å². The Balaban J connectivity index is 2.48. The zero-order valence-electron chi connectivity index (χ0n) is 10.2. The van der Waals surface area contributed by atoms with Gasteiger partial charge in [0.15, 0.2) is 0 Å². The lowest BCUT2D eigenvalue weighted by Crippen LogP contribution is -2.14. The summed E-state index contributed by atoms with van der Waals surface area (Å²) in [5, 5.41) is 2.10. The molecule has 0 aliphatic carbocycles. The summed E-state index contributed by atoms with van der Waals surface area (Å²) in [5.74, 6) is 0.781. The average molecular weight is 304 g/mol. The molecular formula is C13H22BrNS. The third-order valence-corrected chi connectivity index (χ3v) is 5.11. The molecule has 1 aromatic heterocycles. The lowest BCUT2D eigenvalue weighted by molar-refractivity contribution is 0.390. The first-order valence-corrected chi connectivity index (χ1v) is 7.84. The zero-order chi connectivity index (χ0) is 12.0. The van der Waals surface area contributed by atoms with Crippen LogP contribution in [-0.2, 0) is 0 Å². The fourth-order valence-corrected chi connectivity index (χ4v) is 3.70. The number of halogens is 1. The van der Waals surface area contributed by atoms with Crippen molar-refractivity contribution >= 4 is 27.3 Å². The van der Waals surface area contributed by atoms with E-state index in [-0.39, 0.29) is 6.04 Å². The summed E-state index contributed by atoms with van der Waals surface area (Å²) in [7, 11) is 0. The Kier molecular flexibility index (Phi) is 6.62. The van der Waals surface area contributed by atoms with Gasteiger partial charge in [-0.05, 0) is 39.7 Å². The van der Waals surface area contributed by atoms with Crippen molar-refractivity contribution in [2.75, 3.05) is 0 Å². The predicted molar refractivity (Wildman–Crippen MR) is 76.9 cm³/mol. The molecule has 1 rings (SSSR count). The van der Waals surface area contributed by atoms with Crippen molar-refractivity contribution in [3.05, 3.63) is 20.8 Å². The van der Waals surface area contributed by atoms with Crippen molar-refractivity contribution in [1.82, 2.24) is 0 Å². The van der Waals surface area contributed by atoms with Crippen LogP contribution in [0, 0.1) is 5.92 Å². The van der Waals surface area contributed by atoms with Crippen LogP contribution in [0.5, 0.6) is 0 Å². The molecule has 0 spiro atoms. The minimum atomic E-state index is 0.205. The third-order valence-electron chi connectivity index (χ3n) is 3.11. The smallest absolute Gasteiger partial charge is 0.0403 e. The van der Waals surface area contributed by atoms with E-state index in [2.05, 4.69) is 41.2 Å². The SMILES string of the molecule is CCCCC(CC)CC(N)c1sccc1Br. The second kappa shape index (κ2) is 7.46. The molecule has 0 aliphatic heterocycles. The van der Waals surface area contributed by atoms with Gasteiger partial charge in [0, 0.05) is 15.4 Å². The Labute approximate surface area is 112 Å². The molecule has 0 saturated carbocycles. The van der Waals surface area contributed by atoms with E-state index in [4.69, 9.17) is 5.73 Å². The van der Waals surface area contributed by atoms with Crippen molar-refractivity contribution < 1.29 is 0 Å². The Morgan fingerprint density at radius 3 is 2.69 bits per heavy atom. The first-order valence-electron chi connectivity index (χ1n) is 6.17. The van der Waals surface area contributed by atoms with Gasteiger partial charge in [-0.1, -0.05) is 39.5 Å². The quantitative estimate of drug-likeness (QED) is 0.743. The lowest BCUT2D eigenvalue weighted by Gasteiger charge is -2.19. The number of hydrogen-bond donors (Lipinski definition) is 1. The molecule has 3 heteroatoms. The Bertz CT molecular complexity index is 298. The third kappa shape index (κ3) is 4.19. The van der Waals surface area contributed by atoms with Gasteiger partial charge < -0.3 is 5.73 Å². The molecule has 0 bridgehead atoms. The fourth-order valence-electron chi connectivity index (χ4n) is 2.02. The summed E-state index contributed by atoms with van der Waals surface area (Å²) in [4.78, 5) is 1.30. The minimum absolute atomic E-state index is 0.205. The highest BCUT2D eigenvalue weighted by Gasteiger charge is 2.16. The molecule has 1 aromatic rings. The maximum Gasteiger partial charge on any atom is 0.0403 e. The van der Waals surface area contributed by atoms with E-state index in [9.17, 15) is 0 Å². The van der Waals surface area contributed by atoms with Crippen LogP contribution in [0.1, 0.15) is 56.9 Å². The predicted octanol–water partition coefficient (Wildman–Crippen LogP) is 5.12. The molecule has 2 unspecified atom stereocenters. The van der Waals surface area contributed by atoms with Crippen molar-refractivity contribution in [1.29, 1.82) is 0 Å². The number of rotatable bonds is 7. The molecule has 0 amide bonds. The van der Waals surface area contributed by atoms with E-state index < -0.39 is 0 Å². The van der Waals surface area contributed by atoms with Crippen LogP contribution in [0.3, 0.4) is 0 Å². The van der Waals surface area contributed by atoms with Gasteiger partial charge in [0.1, 0.15) is 0 Å². The first-order chi connectivity index (χ1) is 7.69. The van der Waals surface area contributed by atoms with Gasteiger partial charge in [0.25, 0.3) is 0 Å². The van der Waals surface area contributed by atoms with E-state index in [1.54, 1.807) is 11.3 Å². The molecule has 1 heterocycles.